The molecular weight excluding hydrogens is 262 g/mol. The lowest BCUT2D eigenvalue weighted by Gasteiger charge is -2.27. The molecule has 7 nitrogen and oxygen atoms in total. The molecule has 0 atom stereocenters. The Bertz CT molecular complexity index is 512. The van der Waals surface area contributed by atoms with Crippen molar-refractivity contribution in [3.63, 3.8) is 0 Å². The summed E-state index contributed by atoms with van der Waals surface area (Å²) < 4.78 is 10.3. The summed E-state index contributed by atoms with van der Waals surface area (Å²) >= 11 is 0. The molecule has 0 aromatic heterocycles. The molecule has 2 rings (SSSR count). The molecule has 0 radical (unpaired) electrons. The summed E-state index contributed by atoms with van der Waals surface area (Å²) in [6.07, 6.45) is 0. The Morgan fingerprint density at radius 2 is 2.05 bits per heavy atom. The first-order valence-corrected chi connectivity index (χ1v) is 6.23. The molecule has 108 valence electrons. The Hall–Kier alpha value is -2.28. The zero-order chi connectivity index (χ0) is 14.5. The maximum absolute atomic E-state index is 12.3. The number of amides is 3. The minimum absolute atomic E-state index is 0.108. The Balaban J connectivity index is 2.22. The highest BCUT2D eigenvalue weighted by atomic mass is 16.5. The van der Waals surface area contributed by atoms with Crippen LogP contribution in [0.5, 0.6) is 5.75 Å². The van der Waals surface area contributed by atoms with Crippen molar-refractivity contribution in [2.24, 2.45) is 5.73 Å². The molecule has 1 aliphatic rings. The minimum atomic E-state index is -0.709. The SMILES string of the molecule is COc1ccc(C(=O)N2CCOCC2)cc1NC(N)=O. The number of benzene rings is 1. The molecule has 3 N–H and O–H groups in total. The van der Waals surface area contributed by atoms with Gasteiger partial charge >= 0.3 is 6.03 Å². The number of hydrogen-bond acceptors (Lipinski definition) is 4. The Labute approximate surface area is 116 Å². The molecule has 1 aromatic carbocycles. The van der Waals surface area contributed by atoms with Gasteiger partial charge < -0.3 is 25.4 Å². The number of ether oxygens (including phenoxy) is 2. The fourth-order valence-corrected chi connectivity index (χ4v) is 2.02. The van der Waals surface area contributed by atoms with E-state index in [4.69, 9.17) is 15.2 Å². The van der Waals surface area contributed by atoms with Gasteiger partial charge in [0.2, 0.25) is 0 Å². The maximum atomic E-state index is 12.3. The van der Waals surface area contributed by atoms with E-state index < -0.39 is 6.03 Å². The highest BCUT2D eigenvalue weighted by Gasteiger charge is 2.19. The van der Waals surface area contributed by atoms with Gasteiger partial charge in [-0.25, -0.2) is 4.79 Å². The predicted molar refractivity (Wildman–Crippen MR) is 72.9 cm³/mol. The Kier molecular flexibility index (Phi) is 4.41. The molecule has 3 amide bonds. The average molecular weight is 279 g/mol. The monoisotopic (exact) mass is 279 g/mol. The van der Waals surface area contributed by atoms with Crippen LogP contribution in [0.3, 0.4) is 0 Å². The quantitative estimate of drug-likeness (QED) is 0.849. The van der Waals surface area contributed by atoms with Crippen LogP contribution in [-0.2, 0) is 4.74 Å². The number of morpholine rings is 1. The topological polar surface area (TPSA) is 93.9 Å². The Morgan fingerprint density at radius 1 is 1.35 bits per heavy atom. The molecule has 1 aromatic rings. The first kappa shape index (κ1) is 14.1. The molecule has 20 heavy (non-hydrogen) atoms. The fourth-order valence-electron chi connectivity index (χ4n) is 2.02. The first-order valence-electron chi connectivity index (χ1n) is 6.23. The molecule has 1 saturated heterocycles. The molecule has 0 aliphatic carbocycles. The van der Waals surface area contributed by atoms with Crippen molar-refractivity contribution in [2.45, 2.75) is 0 Å². The molecule has 0 unspecified atom stereocenters. The van der Waals surface area contributed by atoms with Gasteiger partial charge in [0, 0.05) is 18.7 Å². The third kappa shape index (κ3) is 3.18. The number of hydrogen-bond donors (Lipinski definition) is 2. The highest BCUT2D eigenvalue weighted by molar-refractivity contribution is 5.97. The second kappa shape index (κ2) is 6.25. The lowest BCUT2D eigenvalue weighted by Crippen LogP contribution is -2.40. The third-order valence-corrected chi connectivity index (χ3v) is 3.00. The summed E-state index contributed by atoms with van der Waals surface area (Å²) in [5, 5.41) is 2.44. The standard InChI is InChI=1S/C13H17N3O4/c1-19-11-3-2-9(8-10(11)15-13(14)18)12(17)16-4-6-20-7-5-16/h2-3,8H,4-7H2,1H3,(H3,14,15,18). The van der Waals surface area contributed by atoms with Crippen molar-refractivity contribution in [1.29, 1.82) is 0 Å². The van der Waals surface area contributed by atoms with Crippen LogP contribution < -0.4 is 15.8 Å². The van der Waals surface area contributed by atoms with Gasteiger partial charge in [-0.1, -0.05) is 0 Å². The normalized spacial score (nSPS) is 14.8. The zero-order valence-electron chi connectivity index (χ0n) is 11.2. The van der Waals surface area contributed by atoms with E-state index in [1.807, 2.05) is 0 Å². The summed E-state index contributed by atoms with van der Waals surface area (Å²) in [5.41, 5.74) is 5.94. The van der Waals surface area contributed by atoms with Crippen molar-refractivity contribution < 1.29 is 19.1 Å². The lowest BCUT2D eigenvalue weighted by molar-refractivity contribution is 0.0303. The summed E-state index contributed by atoms with van der Waals surface area (Å²) in [5.74, 6) is 0.339. The van der Waals surface area contributed by atoms with Crippen LogP contribution in [0.15, 0.2) is 18.2 Å². The van der Waals surface area contributed by atoms with E-state index in [0.29, 0.717) is 43.3 Å². The van der Waals surface area contributed by atoms with E-state index in [0.717, 1.165) is 0 Å². The number of nitrogens with one attached hydrogen (secondary N) is 1. The van der Waals surface area contributed by atoms with Gasteiger partial charge in [0.25, 0.3) is 5.91 Å². The van der Waals surface area contributed by atoms with E-state index in [1.54, 1.807) is 23.1 Å². The van der Waals surface area contributed by atoms with Crippen molar-refractivity contribution >= 4 is 17.6 Å². The lowest BCUT2D eigenvalue weighted by atomic mass is 10.1. The van der Waals surface area contributed by atoms with Gasteiger partial charge in [-0.15, -0.1) is 0 Å². The molecular formula is C13H17N3O4. The number of carbonyl (C=O) groups excluding carboxylic acids is 2. The molecule has 7 heteroatoms. The summed E-state index contributed by atoms with van der Waals surface area (Å²) in [6.45, 7) is 2.19. The third-order valence-electron chi connectivity index (χ3n) is 3.00. The molecule has 0 spiro atoms. The number of nitrogens with two attached hydrogens (primary N) is 1. The first-order chi connectivity index (χ1) is 9.61. The molecule has 1 aliphatic heterocycles. The van der Waals surface area contributed by atoms with Crippen LogP contribution in [0.1, 0.15) is 10.4 Å². The highest BCUT2D eigenvalue weighted by Crippen LogP contribution is 2.26. The predicted octanol–water partition coefficient (Wildman–Crippen LogP) is 0.658. The molecule has 1 heterocycles. The van der Waals surface area contributed by atoms with Gasteiger partial charge in [0.1, 0.15) is 5.75 Å². The number of anilines is 1. The number of carbonyl (C=O) groups is 2. The zero-order valence-corrected chi connectivity index (χ0v) is 11.2. The summed E-state index contributed by atoms with van der Waals surface area (Å²) in [6, 6.07) is 4.13. The molecule has 0 bridgehead atoms. The van der Waals surface area contributed by atoms with Gasteiger partial charge in [0.05, 0.1) is 26.0 Å². The van der Waals surface area contributed by atoms with E-state index in [-0.39, 0.29) is 5.91 Å². The van der Waals surface area contributed by atoms with Gasteiger partial charge in [0.15, 0.2) is 0 Å². The van der Waals surface area contributed by atoms with Crippen LogP contribution in [0, 0.1) is 0 Å². The molecule has 1 fully saturated rings. The van der Waals surface area contributed by atoms with E-state index >= 15 is 0 Å². The van der Waals surface area contributed by atoms with Crippen molar-refractivity contribution in [3.8, 4) is 5.75 Å². The van der Waals surface area contributed by atoms with Crippen molar-refractivity contribution in [2.75, 3.05) is 38.7 Å². The van der Waals surface area contributed by atoms with E-state index in [9.17, 15) is 9.59 Å². The maximum Gasteiger partial charge on any atom is 0.316 e. The Morgan fingerprint density at radius 3 is 2.65 bits per heavy atom. The van der Waals surface area contributed by atoms with Crippen LogP contribution in [-0.4, -0.2) is 50.3 Å². The minimum Gasteiger partial charge on any atom is -0.495 e. The number of nitrogens with zero attached hydrogens (tertiary/aromatic N) is 1. The number of methoxy groups -OCH3 is 1. The largest absolute Gasteiger partial charge is 0.495 e. The van der Waals surface area contributed by atoms with Gasteiger partial charge in [-0.3, -0.25) is 4.79 Å². The van der Waals surface area contributed by atoms with Gasteiger partial charge in [-0.05, 0) is 18.2 Å². The fraction of sp³-hybridized carbons (Fsp3) is 0.385. The molecule has 0 saturated carbocycles. The second-order valence-electron chi connectivity index (χ2n) is 4.31. The summed E-state index contributed by atoms with van der Waals surface area (Å²) in [4.78, 5) is 25.0. The second-order valence-corrected chi connectivity index (χ2v) is 4.31. The van der Waals surface area contributed by atoms with E-state index in [1.165, 1.54) is 7.11 Å². The van der Waals surface area contributed by atoms with Gasteiger partial charge in [-0.2, -0.15) is 0 Å². The van der Waals surface area contributed by atoms with Crippen molar-refractivity contribution in [3.05, 3.63) is 23.8 Å². The number of urea groups is 1. The number of rotatable bonds is 3. The van der Waals surface area contributed by atoms with Crippen molar-refractivity contribution in [1.82, 2.24) is 4.90 Å². The van der Waals surface area contributed by atoms with Crippen LogP contribution in [0.2, 0.25) is 0 Å². The van der Waals surface area contributed by atoms with Crippen LogP contribution in [0.25, 0.3) is 0 Å². The van der Waals surface area contributed by atoms with Crippen LogP contribution in [0.4, 0.5) is 10.5 Å². The smallest absolute Gasteiger partial charge is 0.316 e. The van der Waals surface area contributed by atoms with E-state index in [2.05, 4.69) is 5.32 Å². The number of primary amides is 1. The average Bonchev–Trinajstić information content (AvgIpc) is 2.46. The summed E-state index contributed by atoms with van der Waals surface area (Å²) in [7, 11) is 1.48. The van der Waals surface area contributed by atoms with Crippen LogP contribution >= 0.6 is 0 Å².